The number of esters is 5. The van der Waals surface area contributed by atoms with Crippen LogP contribution in [-0.4, -0.2) is 29.8 Å². The van der Waals surface area contributed by atoms with E-state index in [-0.39, 0.29) is 22.6 Å². The average Bonchev–Trinajstić information content (AvgIpc) is 3.06. The van der Waals surface area contributed by atoms with E-state index < -0.39 is 58.5 Å². The van der Waals surface area contributed by atoms with Gasteiger partial charge in [-0.3, -0.25) is 0 Å². The summed E-state index contributed by atoms with van der Waals surface area (Å²) in [6, 6.07) is 12.9. The van der Waals surface area contributed by atoms with Crippen molar-refractivity contribution >= 4 is 35.9 Å². The van der Waals surface area contributed by atoms with Crippen molar-refractivity contribution in [2.24, 2.45) is 0 Å². The van der Waals surface area contributed by atoms with E-state index in [1.54, 1.807) is 0 Å². The molecule has 0 spiro atoms. The van der Waals surface area contributed by atoms with Crippen LogP contribution in [0.25, 0.3) is 6.08 Å². The lowest BCUT2D eigenvalue weighted by Gasteiger charge is -2.15. The third-order valence-corrected chi connectivity index (χ3v) is 5.70. The van der Waals surface area contributed by atoms with E-state index in [9.17, 15) is 24.0 Å². The molecule has 10 nitrogen and oxygen atoms in total. The molecule has 0 aliphatic rings. The first-order valence-electron chi connectivity index (χ1n) is 13.7. The van der Waals surface area contributed by atoms with Gasteiger partial charge in [-0.2, -0.15) is 0 Å². The van der Waals surface area contributed by atoms with Crippen molar-refractivity contribution in [3.8, 4) is 40.6 Å². The predicted octanol–water partition coefficient (Wildman–Crippen LogP) is 5.99. The lowest BCUT2D eigenvalue weighted by atomic mass is 10.1. The Bertz CT molecular complexity index is 1920. The molecule has 11 heteroatoms. The van der Waals surface area contributed by atoms with Crippen LogP contribution < -0.4 is 23.7 Å². The van der Waals surface area contributed by atoms with Crippen molar-refractivity contribution in [2.75, 3.05) is 0 Å². The fourth-order valence-electron chi connectivity index (χ4n) is 3.32. The van der Waals surface area contributed by atoms with Gasteiger partial charge in [0.1, 0.15) is 11.5 Å². The van der Waals surface area contributed by atoms with E-state index in [4.69, 9.17) is 23.7 Å². The Morgan fingerprint density at radius 2 is 1.17 bits per heavy atom. The summed E-state index contributed by atoms with van der Waals surface area (Å²) in [5.74, 6) is -2.15. The predicted molar refractivity (Wildman–Crippen MR) is 172 cm³/mol. The van der Waals surface area contributed by atoms with Crippen LogP contribution in [-0.2, 0) is 24.0 Å². The minimum absolute atomic E-state index is 0.204. The summed E-state index contributed by atoms with van der Waals surface area (Å²) in [7, 11) is 0. The summed E-state index contributed by atoms with van der Waals surface area (Å²) >= 11 is 0. The molecule has 0 bridgehead atoms. The summed E-state index contributed by atoms with van der Waals surface area (Å²) < 4.78 is 41.6. The molecule has 0 atom stereocenters. The van der Waals surface area contributed by atoms with E-state index in [1.807, 2.05) is 0 Å². The first-order valence-corrected chi connectivity index (χ1v) is 13.7. The zero-order valence-electron chi connectivity index (χ0n) is 25.8. The van der Waals surface area contributed by atoms with Gasteiger partial charge < -0.3 is 23.7 Å². The number of ether oxygens (including phenoxy) is 5. The molecule has 0 N–H and O–H groups in total. The fraction of sp³-hybridized carbons (Fsp3) is 0.0541. The highest BCUT2D eigenvalue weighted by Gasteiger charge is 2.26. The van der Waals surface area contributed by atoms with E-state index in [2.05, 4.69) is 38.2 Å². The highest BCUT2D eigenvalue weighted by Crippen LogP contribution is 2.42. The molecule has 0 saturated heterocycles. The number of halogens is 1. The van der Waals surface area contributed by atoms with E-state index in [1.165, 1.54) is 68.5 Å². The van der Waals surface area contributed by atoms with Gasteiger partial charge in [0.2, 0.25) is 11.5 Å². The molecule has 0 aliphatic carbocycles. The molecule has 3 aromatic rings. The third kappa shape index (κ3) is 10.1. The number of hydrogen-bond donors (Lipinski definition) is 0. The largest absolute Gasteiger partial charge is 0.423 e. The maximum absolute atomic E-state index is 15.8. The number of rotatable bonds is 11. The summed E-state index contributed by atoms with van der Waals surface area (Å²) in [5.41, 5.74) is 0.855. The fourth-order valence-corrected chi connectivity index (χ4v) is 3.32. The summed E-state index contributed by atoms with van der Waals surface area (Å²) in [5, 5.41) is 0. The maximum Gasteiger partial charge on any atom is 0.338 e. The molecule has 0 aromatic heterocycles. The normalized spacial score (nSPS) is 10.1. The number of benzene rings is 3. The van der Waals surface area contributed by atoms with Crippen molar-refractivity contribution in [2.45, 2.75) is 13.8 Å². The van der Waals surface area contributed by atoms with Crippen LogP contribution >= 0.6 is 0 Å². The second-order valence-electron chi connectivity index (χ2n) is 9.58. The van der Waals surface area contributed by atoms with Crippen LogP contribution in [0.1, 0.15) is 30.5 Å². The molecular formula is C37H27FO10. The van der Waals surface area contributed by atoms with Gasteiger partial charge in [0, 0.05) is 41.0 Å². The molecule has 0 saturated carbocycles. The van der Waals surface area contributed by atoms with E-state index in [0.717, 1.165) is 24.3 Å². The summed E-state index contributed by atoms with van der Waals surface area (Å²) in [6.45, 7) is 16.6. The van der Waals surface area contributed by atoms with Crippen LogP contribution in [0.3, 0.4) is 0 Å². The average molecular weight is 651 g/mol. The SMILES string of the molecule is C=CC(=O)Oc1cc(C#Cc2ccc(OC(=O)C(=C)C)cc2)c(F)c(OC(=O)C=C)c1OC(=O)/C=C/c1ccc(OC(=O)C(=C)C)cc1. The number of carbonyl (C=O) groups is 5. The summed E-state index contributed by atoms with van der Waals surface area (Å²) in [6.07, 6.45) is 3.84. The van der Waals surface area contributed by atoms with Gasteiger partial charge in [-0.05, 0) is 61.9 Å². The minimum Gasteiger partial charge on any atom is -0.423 e. The van der Waals surface area contributed by atoms with E-state index >= 15 is 4.39 Å². The zero-order chi connectivity index (χ0) is 35.4. The second-order valence-corrected chi connectivity index (χ2v) is 9.58. The number of carbonyl (C=O) groups excluding carboxylic acids is 5. The molecule has 0 aliphatic heterocycles. The molecule has 48 heavy (non-hydrogen) atoms. The molecule has 0 fully saturated rings. The zero-order valence-corrected chi connectivity index (χ0v) is 25.8. The van der Waals surface area contributed by atoms with Crippen molar-refractivity contribution in [1.29, 1.82) is 0 Å². The molecule has 0 unspecified atom stereocenters. The number of hydrogen-bond acceptors (Lipinski definition) is 10. The second kappa shape index (κ2) is 16.5. The Hall–Kier alpha value is -6.80. The smallest absolute Gasteiger partial charge is 0.338 e. The lowest BCUT2D eigenvalue weighted by molar-refractivity contribution is -0.132. The lowest BCUT2D eigenvalue weighted by Crippen LogP contribution is -2.14. The molecule has 0 amide bonds. The van der Waals surface area contributed by atoms with Crippen LogP contribution in [0, 0.1) is 17.7 Å². The molecular weight excluding hydrogens is 623 g/mol. The highest BCUT2D eigenvalue weighted by molar-refractivity contribution is 5.92. The quantitative estimate of drug-likeness (QED) is 0.106. The molecule has 242 valence electrons. The van der Waals surface area contributed by atoms with E-state index in [0.29, 0.717) is 11.1 Å². The van der Waals surface area contributed by atoms with Gasteiger partial charge in [-0.15, -0.1) is 0 Å². The van der Waals surface area contributed by atoms with Gasteiger partial charge in [-0.25, -0.2) is 28.4 Å². The standard InChI is InChI=1S/C37H27FO10/c1-7-30(39)46-29-21-26(15-9-24-10-16-27(17-11-24)44-36(42)22(3)4)33(38)35(47-31(40)8-2)34(29)48-32(41)20-14-25-12-18-28(19-13-25)45-37(43)23(5)6/h7-8,10-14,16-21H,1-3,5H2,4,6H3/b20-14+. The monoisotopic (exact) mass is 650 g/mol. The maximum atomic E-state index is 15.8. The van der Waals surface area contributed by atoms with Gasteiger partial charge in [0.25, 0.3) is 0 Å². The third-order valence-electron chi connectivity index (χ3n) is 5.70. The van der Waals surface area contributed by atoms with Crippen molar-refractivity contribution in [3.05, 3.63) is 133 Å². The molecule has 3 aromatic carbocycles. The molecule has 3 rings (SSSR count). The van der Waals surface area contributed by atoms with Crippen LogP contribution in [0.4, 0.5) is 4.39 Å². The van der Waals surface area contributed by atoms with Gasteiger partial charge >= 0.3 is 29.8 Å². The first-order chi connectivity index (χ1) is 22.8. The Labute approximate surface area is 275 Å². The van der Waals surface area contributed by atoms with Crippen molar-refractivity contribution in [1.82, 2.24) is 0 Å². The van der Waals surface area contributed by atoms with Crippen LogP contribution in [0.5, 0.6) is 28.7 Å². The van der Waals surface area contributed by atoms with Gasteiger partial charge in [-0.1, -0.05) is 50.3 Å². The van der Waals surface area contributed by atoms with Crippen molar-refractivity contribution < 1.29 is 52.0 Å². The summed E-state index contributed by atoms with van der Waals surface area (Å²) in [4.78, 5) is 60.6. The Balaban J connectivity index is 1.97. The van der Waals surface area contributed by atoms with Gasteiger partial charge in [0.15, 0.2) is 11.6 Å². The highest BCUT2D eigenvalue weighted by atomic mass is 19.1. The Morgan fingerprint density at radius 3 is 1.69 bits per heavy atom. The van der Waals surface area contributed by atoms with Gasteiger partial charge in [0.05, 0.1) is 5.56 Å². The molecule has 0 radical (unpaired) electrons. The Morgan fingerprint density at radius 1 is 0.667 bits per heavy atom. The topological polar surface area (TPSA) is 132 Å². The van der Waals surface area contributed by atoms with Crippen LogP contribution in [0.15, 0.2) is 110 Å². The van der Waals surface area contributed by atoms with Crippen molar-refractivity contribution in [3.63, 3.8) is 0 Å². The van der Waals surface area contributed by atoms with Crippen LogP contribution in [0.2, 0.25) is 0 Å². The Kier molecular flexibility index (Phi) is 12.3. The molecule has 0 heterocycles. The minimum atomic E-state index is -1.23. The first kappa shape index (κ1) is 35.7.